The SMILES string of the molecule is CCCC(C=N)c1ccc(C2=CC(c3ccc(-c4cc5ccccc5c5ccccc45)cc3)NC(C3=CC=C(C4CC=CCC4)CC3)=N2)cc1. The van der Waals surface area contributed by atoms with E-state index in [1.807, 2.05) is 0 Å². The molecule has 3 nitrogen and oxygen atoms in total. The molecule has 0 amide bonds. The lowest BCUT2D eigenvalue weighted by atomic mass is 9.82. The minimum absolute atomic E-state index is 0.0104. The third kappa shape index (κ3) is 6.41. The number of nitrogens with one attached hydrogen (secondary N) is 2. The lowest BCUT2D eigenvalue weighted by molar-refractivity contribution is 0.531. The lowest BCUT2D eigenvalue weighted by Gasteiger charge is -2.28. The maximum Gasteiger partial charge on any atom is 0.130 e. The van der Waals surface area contributed by atoms with Crippen molar-refractivity contribution in [2.75, 3.05) is 0 Å². The number of rotatable bonds is 9. The van der Waals surface area contributed by atoms with Gasteiger partial charge in [0.05, 0.1) is 11.7 Å². The van der Waals surface area contributed by atoms with Gasteiger partial charge < -0.3 is 10.7 Å². The second kappa shape index (κ2) is 14.3. The van der Waals surface area contributed by atoms with E-state index in [-0.39, 0.29) is 12.0 Å². The number of hydrogen-bond donors (Lipinski definition) is 2. The van der Waals surface area contributed by atoms with E-state index >= 15 is 0 Å². The first kappa shape index (κ1) is 32.0. The van der Waals surface area contributed by atoms with E-state index < -0.39 is 0 Å². The van der Waals surface area contributed by atoms with Gasteiger partial charge in [-0.3, -0.25) is 0 Å². The van der Waals surface area contributed by atoms with Crippen LogP contribution in [0.1, 0.15) is 80.5 Å². The number of fused-ring (bicyclic) bond motifs is 3. The molecule has 0 aromatic heterocycles. The van der Waals surface area contributed by atoms with Crippen molar-refractivity contribution in [2.24, 2.45) is 10.9 Å². The zero-order chi connectivity index (χ0) is 33.9. The summed E-state index contributed by atoms with van der Waals surface area (Å²) in [5.41, 5.74) is 9.86. The summed E-state index contributed by atoms with van der Waals surface area (Å²) in [6, 6.07) is 37.6. The van der Waals surface area contributed by atoms with E-state index in [1.54, 1.807) is 11.8 Å². The molecule has 0 saturated heterocycles. The highest BCUT2D eigenvalue weighted by Crippen LogP contribution is 2.37. The van der Waals surface area contributed by atoms with Gasteiger partial charge in [-0.1, -0.05) is 140 Å². The summed E-state index contributed by atoms with van der Waals surface area (Å²) in [7, 11) is 0. The van der Waals surface area contributed by atoms with Gasteiger partial charge >= 0.3 is 0 Å². The van der Waals surface area contributed by atoms with Crippen molar-refractivity contribution in [1.29, 1.82) is 5.41 Å². The molecule has 248 valence electrons. The van der Waals surface area contributed by atoms with Crippen LogP contribution in [0.3, 0.4) is 0 Å². The Kier molecular flexibility index (Phi) is 9.13. The van der Waals surface area contributed by atoms with Gasteiger partial charge in [-0.15, -0.1) is 0 Å². The van der Waals surface area contributed by atoms with E-state index in [4.69, 9.17) is 10.4 Å². The molecule has 3 aliphatic rings. The minimum Gasteiger partial charge on any atom is -0.359 e. The molecule has 5 aromatic carbocycles. The van der Waals surface area contributed by atoms with Gasteiger partial charge in [0.15, 0.2) is 0 Å². The summed E-state index contributed by atoms with van der Waals surface area (Å²) in [5, 5.41) is 16.9. The first-order chi connectivity index (χ1) is 24.7. The maximum atomic E-state index is 7.96. The fraction of sp³-hybridized carbons (Fsp3) is 0.234. The molecule has 0 spiro atoms. The summed E-state index contributed by atoms with van der Waals surface area (Å²) in [6.45, 7) is 2.18. The molecule has 3 unspecified atom stereocenters. The van der Waals surface area contributed by atoms with Crippen LogP contribution in [0, 0.1) is 11.3 Å². The van der Waals surface area contributed by atoms with E-state index in [0.717, 1.165) is 42.8 Å². The van der Waals surface area contributed by atoms with Crippen LogP contribution in [0.2, 0.25) is 0 Å². The predicted molar refractivity (Wildman–Crippen MR) is 213 cm³/mol. The molecule has 0 fully saturated rings. The van der Waals surface area contributed by atoms with Gasteiger partial charge in [0.25, 0.3) is 0 Å². The minimum atomic E-state index is -0.0104. The summed E-state index contributed by atoms with van der Waals surface area (Å²) >= 11 is 0. The maximum absolute atomic E-state index is 7.96. The van der Waals surface area contributed by atoms with E-state index in [2.05, 4.69) is 146 Å². The van der Waals surface area contributed by atoms with E-state index in [0.29, 0.717) is 5.92 Å². The standard InChI is InChI=1S/C47H45N3/c1-2-10-40(31-48)34-17-23-36(24-18-34)45-30-46(50-47(49-45)38-27-19-33(20-28-38)32-11-4-3-5-12-32)37-25-21-35(22-26-37)44-29-39-13-6-7-14-41(39)42-15-8-9-16-43(42)44/h3-4,6-9,13-19,21-27,29-32,40,46,48H,2,5,10-12,20,28H2,1H3,(H,49,50). The number of aliphatic imine (C=N–C) groups is 1. The number of allylic oxidation sites excluding steroid dienone is 5. The number of nitrogens with zero attached hydrogens (tertiary/aromatic N) is 1. The topological polar surface area (TPSA) is 48.2 Å². The normalized spacial score (nSPS) is 19.6. The first-order valence-electron chi connectivity index (χ1n) is 18.4. The lowest BCUT2D eigenvalue weighted by Crippen LogP contribution is -2.32. The average molecular weight is 652 g/mol. The zero-order valence-corrected chi connectivity index (χ0v) is 28.9. The number of benzene rings is 5. The zero-order valence-electron chi connectivity index (χ0n) is 28.9. The first-order valence-corrected chi connectivity index (χ1v) is 18.4. The van der Waals surface area contributed by atoms with Gasteiger partial charge in [-0.2, -0.15) is 0 Å². The second-order valence-corrected chi connectivity index (χ2v) is 14.0. The van der Waals surface area contributed by atoms with Crippen LogP contribution < -0.4 is 5.32 Å². The Morgan fingerprint density at radius 2 is 1.58 bits per heavy atom. The molecular weight excluding hydrogens is 607 g/mol. The Morgan fingerprint density at radius 1 is 0.820 bits per heavy atom. The molecule has 8 rings (SSSR count). The average Bonchev–Trinajstić information content (AvgIpc) is 3.20. The fourth-order valence-electron chi connectivity index (χ4n) is 8.08. The molecule has 3 heteroatoms. The highest BCUT2D eigenvalue weighted by atomic mass is 15.0. The van der Waals surface area contributed by atoms with Gasteiger partial charge in [0.1, 0.15) is 5.84 Å². The Morgan fingerprint density at radius 3 is 2.30 bits per heavy atom. The van der Waals surface area contributed by atoms with Crippen molar-refractivity contribution >= 4 is 39.3 Å². The quantitative estimate of drug-likeness (QED) is 0.0930. The Balaban J connectivity index is 1.14. The van der Waals surface area contributed by atoms with Crippen molar-refractivity contribution < 1.29 is 0 Å². The van der Waals surface area contributed by atoms with Crippen molar-refractivity contribution in [3.8, 4) is 11.1 Å². The summed E-state index contributed by atoms with van der Waals surface area (Å²) in [6.07, 6.45) is 21.0. The summed E-state index contributed by atoms with van der Waals surface area (Å²) in [4.78, 5) is 5.26. The molecule has 0 saturated carbocycles. The number of amidine groups is 1. The molecule has 3 atom stereocenters. The molecule has 50 heavy (non-hydrogen) atoms. The Bertz CT molecular complexity index is 2190. The predicted octanol–water partition coefficient (Wildman–Crippen LogP) is 12.3. The monoisotopic (exact) mass is 651 g/mol. The number of hydrogen-bond acceptors (Lipinski definition) is 3. The van der Waals surface area contributed by atoms with E-state index in [1.165, 1.54) is 68.6 Å². The van der Waals surface area contributed by atoms with Gasteiger partial charge in [0, 0.05) is 12.1 Å². The van der Waals surface area contributed by atoms with Gasteiger partial charge in [-0.25, -0.2) is 4.99 Å². The largest absolute Gasteiger partial charge is 0.359 e. The van der Waals surface area contributed by atoms with Crippen molar-refractivity contribution in [3.05, 3.63) is 161 Å². The summed E-state index contributed by atoms with van der Waals surface area (Å²) in [5.74, 6) is 1.81. The highest BCUT2D eigenvalue weighted by molar-refractivity contribution is 6.13. The van der Waals surface area contributed by atoms with Gasteiger partial charge in [-0.05, 0) is 112 Å². The van der Waals surface area contributed by atoms with Crippen LogP contribution >= 0.6 is 0 Å². The van der Waals surface area contributed by atoms with Crippen LogP contribution in [-0.4, -0.2) is 12.1 Å². The molecule has 0 bridgehead atoms. The van der Waals surface area contributed by atoms with Crippen LogP contribution in [-0.2, 0) is 0 Å². The highest BCUT2D eigenvalue weighted by Gasteiger charge is 2.24. The van der Waals surface area contributed by atoms with Crippen molar-refractivity contribution in [2.45, 2.75) is 63.8 Å². The smallest absolute Gasteiger partial charge is 0.130 e. The molecule has 0 radical (unpaired) electrons. The second-order valence-electron chi connectivity index (χ2n) is 14.0. The third-order valence-corrected chi connectivity index (χ3v) is 10.9. The van der Waals surface area contributed by atoms with Crippen molar-refractivity contribution in [3.63, 3.8) is 0 Å². The molecule has 2 aliphatic carbocycles. The van der Waals surface area contributed by atoms with Crippen LogP contribution in [0.15, 0.2) is 150 Å². The fourth-order valence-corrected chi connectivity index (χ4v) is 8.08. The molecule has 5 aromatic rings. The van der Waals surface area contributed by atoms with Crippen molar-refractivity contribution in [1.82, 2.24) is 5.32 Å². The third-order valence-electron chi connectivity index (χ3n) is 10.9. The molecule has 1 aliphatic heterocycles. The Hall–Kier alpha value is -5.28. The molecule has 2 N–H and O–H groups in total. The molecule has 1 heterocycles. The molecular formula is C47H45N3. The van der Waals surface area contributed by atoms with Crippen LogP contribution in [0.5, 0.6) is 0 Å². The summed E-state index contributed by atoms with van der Waals surface area (Å²) < 4.78 is 0. The van der Waals surface area contributed by atoms with E-state index in [9.17, 15) is 0 Å². The van der Waals surface area contributed by atoms with Crippen LogP contribution in [0.4, 0.5) is 0 Å². The Labute approximate surface area is 296 Å². The van der Waals surface area contributed by atoms with Gasteiger partial charge in [0.2, 0.25) is 0 Å². The van der Waals surface area contributed by atoms with Crippen LogP contribution in [0.25, 0.3) is 38.4 Å².